The van der Waals surface area contributed by atoms with E-state index >= 15 is 0 Å². The molecule has 1 atom stereocenters. The van der Waals surface area contributed by atoms with Gasteiger partial charge in [-0.15, -0.1) is 0 Å². The lowest BCUT2D eigenvalue weighted by atomic mass is 10.0. The van der Waals surface area contributed by atoms with Crippen LogP contribution in [0.3, 0.4) is 0 Å². The maximum Gasteiger partial charge on any atom is 0.326 e. The summed E-state index contributed by atoms with van der Waals surface area (Å²) in [5.41, 5.74) is 0. The van der Waals surface area contributed by atoms with Crippen LogP contribution in [0.15, 0.2) is 0 Å². The molecule has 0 bridgehead atoms. The molecule has 1 aliphatic carbocycles. The van der Waals surface area contributed by atoms with E-state index in [-0.39, 0.29) is 6.03 Å². The van der Waals surface area contributed by atoms with E-state index in [0.29, 0.717) is 19.5 Å². The van der Waals surface area contributed by atoms with Crippen LogP contribution in [0, 0.1) is 5.92 Å². The summed E-state index contributed by atoms with van der Waals surface area (Å²) >= 11 is 0. The molecule has 0 aromatic rings. The number of urea groups is 1. The fourth-order valence-corrected chi connectivity index (χ4v) is 2.32. The van der Waals surface area contributed by atoms with Gasteiger partial charge in [-0.2, -0.15) is 0 Å². The molecule has 2 fully saturated rings. The lowest BCUT2D eigenvalue weighted by Crippen LogP contribution is -2.52. The second-order valence-corrected chi connectivity index (χ2v) is 5.01. The first-order valence-electron chi connectivity index (χ1n) is 6.46. The van der Waals surface area contributed by atoms with Crippen molar-refractivity contribution < 1.29 is 14.7 Å². The number of rotatable bonds is 4. The number of hydrogen-bond acceptors (Lipinski definition) is 2. The van der Waals surface area contributed by atoms with Gasteiger partial charge in [0.25, 0.3) is 0 Å². The number of piperidine rings is 1. The number of likely N-dealkylation sites (tertiary alicyclic amines) is 1. The maximum atomic E-state index is 11.9. The quantitative estimate of drug-likeness (QED) is 0.781. The predicted octanol–water partition coefficient (Wildman–Crippen LogP) is 1.44. The zero-order chi connectivity index (χ0) is 12.3. The van der Waals surface area contributed by atoms with Crippen LogP contribution in [0.1, 0.15) is 38.5 Å². The number of carboxylic acids is 1. The van der Waals surface area contributed by atoms with Crippen molar-refractivity contribution >= 4 is 12.0 Å². The van der Waals surface area contributed by atoms with Crippen LogP contribution < -0.4 is 5.32 Å². The second-order valence-electron chi connectivity index (χ2n) is 5.01. The molecular weight excluding hydrogens is 220 g/mol. The van der Waals surface area contributed by atoms with Crippen molar-refractivity contribution in [2.75, 3.05) is 13.1 Å². The van der Waals surface area contributed by atoms with Crippen molar-refractivity contribution in [2.24, 2.45) is 5.92 Å². The molecule has 0 aromatic carbocycles. The normalized spacial score (nSPS) is 24.5. The molecule has 1 unspecified atom stereocenters. The molecule has 96 valence electrons. The predicted molar refractivity (Wildman–Crippen MR) is 62.7 cm³/mol. The zero-order valence-electron chi connectivity index (χ0n) is 10.0. The highest BCUT2D eigenvalue weighted by molar-refractivity contribution is 5.82. The lowest BCUT2D eigenvalue weighted by molar-refractivity contribution is -0.143. The van der Waals surface area contributed by atoms with E-state index in [9.17, 15) is 9.59 Å². The molecule has 2 N–H and O–H groups in total. The molecule has 17 heavy (non-hydrogen) atoms. The van der Waals surface area contributed by atoms with Gasteiger partial charge in [0, 0.05) is 13.1 Å². The van der Waals surface area contributed by atoms with E-state index in [1.807, 2.05) is 0 Å². The maximum absolute atomic E-state index is 11.9. The highest BCUT2D eigenvalue weighted by Crippen LogP contribution is 2.31. The summed E-state index contributed by atoms with van der Waals surface area (Å²) in [5, 5.41) is 11.9. The molecule has 2 amide bonds. The fraction of sp³-hybridized carbons (Fsp3) is 0.833. The van der Waals surface area contributed by atoms with E-state index in [1.165, 1.54) is 17.7 Å². The molecule has 2 aliphatic rings. The minimum atomic E-state index is -0.887. The van der Waals surface area contributed by atoms with E-state index in [4.69, 9.17) is 5.11 Å². The van der Waals surface area contributed by atoms with Crippen molar-refractivity contribution in [3.63, 3.8) is 0 Å². The molecule has 0 aromatic heterocycles. The third kappa shape index (κ3) is 3.35. The van der Waals surface area contributed by atoms with Crippen LogP contribution in [0.2, 0.25) is 0 Å². The number of aliphatic carboxylic acids is 1. The monoisotopic (exact) mass is 240 g/mol. The Labute approximate surface area is 101 Å². The van der Waals surface area contributed by atoms with Crippen LogP contribution in [0.5, 0.6) is 0 Å². The van der Waals surface area contributed by atoms with Crippen molar-refractivity contribution in [1.82, 2.24) is 10.2 Å². The number of carbonyl (C=O) groups excluding carboxylic acids is 1. The number of carbonyl (C=O) groups is 2. The number of hydrogen-bond donors (Lipinski definition) is 2. The molecule has 0 spiro atoms. The van der Waals surface area contributed by atoms with Crippen molar-refractivity contribution in [2.45, 2.75) is 44.6 Å². The summed E-state index contributed by atoms with van der Waals surface area (Å²) in [5.74, 6) is -0.103. The standard InChI is InChI=1S/C12H20N2O3/c15-11(16)10-3-1-2-8-14(10)12(17)13-7-6-9-4-5-9/h9-10H,1-8H2,(H,13,17)(H,15,16). The molecule has 1 saturated heterocycles. The topological polar surface area (TPSA) is 69.6 Å². The average Bonchev–Trinajstić information content (AvgIpc) is 3.13. The zero-order valence-corrected chi connectivity index (χ0v) is 10.0. The van der Waals surface area contributed by atoms with Crippen LogP contribution >= 0.6 is 0 Å². The van der Waals surface area contributed by atoms with E-state index in [1.54, 1.807) is 0 Å². The summed E-state index contributed by atoms with van der Waals surface area (Å²) in [7, 11) is 0. The van der Waals surface area contributed by atoms with E-state index < -0.39 is 12.0 Å². The summed E-state index contributed by atoms with van der Waals surface area (Å²) in [4.78, 5) is 24.4. The average molecular weight is 240 g/mol. The number of amides is 2. The molecule has 0 radical (unpaired) electrons. The second kappa shape index (κ2) is 5.38. The minimum Gasteiger partial charge on any atom is -0.480 e. The first-order chi connectivity index (χ1) is 8.18. The van der Waals surface area contributed by atoms with Crippen molar-refractivity contribution in [1.29, 1.82) is 0 Å². The molecule has 1 aliphatic heterocycles. The van der Waals surface area contributed by atoms with Crippen LogP contribution in [-0.2, 0) is 4.79 Å². The lowest BCUT2D eigenvalue weighted by Gasteiger charge is -2.32. The van der Waals surface area contributed by atoms with Gasteiger partial charge in [-0.05, 0) is 31.6 Å². The molecule has 5 nitrogen and oxygen atoms in total. The van der Waals surface area contributed by atoms with Crippen LogP contribution in [0.4, 0.5) is 4.79 Å². The van der Waals surface area contributed by atoms with Crippen molar-refractivity contribution in [3.8, 4) is 0 Å². The first kappa shape index (κ1) is 12.2. The number of nitrogens with one attached hydrogen (secondary N) is 1. The molecular formula is C12H20N2O3. The highest BCUT2D eigenvalue weighted by Gasteiger charge is 2.31. The van der Waals surface area contributed by atoms with Gasteiger partial charge in [0.05, 0.1) is 0 Å². The third-order valence-electron chi connectivity index (χ3n) is 3.57. The molecule has 2 rings (SSSR count). The third-order valence-corrected chi connectivity index (χ3v) is 3.57. The van der Waals surface area contributed by atoms with Gasteiger partial charge in [0.15, 0.2) is 0 Å². The first-order valence-corrected chi connectivity index (χ1v) is 6.46. The van der Waals surface area contributed by atoms with Gasteiger partial charge in [-0.3, -0.25) is 0 Å². The van der Waals surface area contributed by atoms with Gasteiger partial charge in [-0.1, -0.05) is 12.8 Å². The van der Waals surface area contributed by atoms with Crippen LogP contribution in [0.25, 0.3) is 0 Å². The Kier molecular flexibility index (Phi) is 3.86. The molecule has 5 heteroatoms. The van der Waals surface area contributed by atoms with E-state index in [2.05, 4.69) is 5.32 Å². The Balaban J connectivity index is 1.79. The summed E-state index contributed by atoms with van der Waals surface area (Å²) < 4.78 is 0. The summed E-state index contributed by atoms with van der Waals surface area (Å²) in [6.07, 6.45) is 5.94. The molecule has 1 heterocycles. The van der Waals surface area contributed by atoms with Crippen molar-refractivity contribution in [3.05, 3.63) is 0 Å². The van der Waals surface area contributed by atoms with Gasteiger partial charge in [-0.25, -0.2) is 9.59 Å². The highest BCUT2D eigenvalue weighted by atomic mass is 16.4. The Morgan fingerprint density at radius 2 is 2.00 bits per heavy atom. The SMILES string of the molecule is O=C(O)C1CCCCN1C(=O)NCCC1CC1. The van der Waals surface area contributed by atoms with Gasteiger partial charge < -0.3 is 15.3 Å². The Morgan fingerprint density at radius 3 is 2.65 bits per heavy atom. The summed E-state index contributed by atoms with van der Waals surface area (Å²) in [6.45, 7) is 1.23. The Morgan fingerprint density at radius 1 is 1.24 bits per heavy atom. The smallest absolute Gasteiger partial charge is 0.326 e. The van der Waals surface area contributed by atoms with Crippen LogP contribution in [-0.4, -0.2) is 41.1 Å². The summed E-state index contributed by atoms with van der Waals surface area (Å²) in [6, 6.07) is -0.845. The molecule has 1 saturated carbocycles. The van der Waals surface area contributed by atoms with Gasteiger partial charge in [0.1, 0.15) is 6.04 Å². The largest absolute Gasteiger partial charge is 0.480 e. The number of carboxylic acid groups (broad SMARTS) is 1. The fourth-order valence-electron chi connectivity index (χ4n) is 2.32. The minimum absolute atomic E-state index is 0.210. The Bertz CT molecular complexity index is 302. The van der Waals surface area contributed by atoms with E-state index in [0.717, 1.165) is 25.2 Å². The Hall–Kier alpha value is -1.26. The van der Waals surface area contributed by atoms with Gasteiger partial charge in [0.2, 0.25) is 0 Å². The number of nitrogens with zero attached hydrogens (tertiary/aromatic N) is 1. The van der Waals surface area contributed by atoms with Gasteiger partial charge >= 0.3 is 12.0 Å².